The zero-order chi connectivity index (χ0) is 20.4. The maximum Gasteiger partial charge on any atom is 0.244 e. The standard InChI is InChI=1S/C22H19BrN2O4/c23-14-5-9-16(10-6-14)29-17-11-7-15(8-12-17)24-20(26)13-25-21(27)18-3-1-2-4-19(18)22(25)28/h1-2,5-12,18-19H,3-4,13H2,(H,24,26). The van der Waals surface area contributed by atoms with Crippen LogP contribution in [0.3, 0.4) is 0 Å². The monoisotopic (exact) mass is 454 g/mol. The number of carbonyl (C=O) groups is 3. The highest BCUT2D eigenvalue weighted by molar-refractivity contribution is 9.10. The molecule has 0 bridgehead atoms. The summed E-state index contributed by atoms with van der Waals surface area (Å²) in [6.45, 7) is -0.262. The first kappa shape index (κ1) is 19.4. The number of ether oxygens (including phenoxy) is 1. The van der Waals surface area contributed by atoms with Gasteiger partial charge in [0.2, 0.25) is 17.7 Å². The molecule has 29 heavy (non-hydrogen) atoms. The molecule has 0 spiro atoms. The number of fused-ring (bicyclic) bond motifs is 1. The number of nitrogens with zero attached hydrogens (tertiary/aromatic N) is 1. The van der Waals surface area contributed by atoms with Crippen LogP contribution in [0, 0.1) is 11.8 Å². The quantitative estimate of drug-likeness (QED) is 0.544. The van der Waals surface area contributed by atoms with Gasteiger partial charge in [0.15, 0.2) is 0 Å². The predicted molar refractivity (Wildman–Crippen MR) is 111 cm³/mol. The molecule has 2 aromatic rings. The van der Waals surface area contributed by atoms with E-state index in [1.165, 1.54) is 0 Å². The first-order valence-electron chi connectivity index (χ1n) is 9.35. The summed E-state index contributed by atoms with van der Waals surface area (Å²) in [4.78, 5) is 38.3. The molecule has 2 atom stereocenters. The van der Waals surface area contributed by atoms with E-state index in [4.69, 9.17) is 4.74 Å². The Balaban J connectivity index is 1.34. The fraction of sp³-hybridized carbons (Fsp3) is 0.227. The van der Waals surface area contributed by atoms with Crippen molar-refractivity contribution in [2.75, 3.05) is 11.9 Å². The molecule has 1 heterocycles. The number of rotatable bonds is 5. The zero-order valence-electron chi connectivity index (χ0n) is 15.5. The van der Waals surface area contributed by atoms with Crippen LogP contribution in [0.4, 0.5) is 5.69 Å². The number of amides is 3. The average Bonchev–Trinajstić information content (AvgIpc) is 2.96. The summed E-state index contributed by atoms with van der Waals surface area (Å²) in [6.07, 6.45) is 4.97. The van der Waals surface area contributed by atoms with Crippen LogP contribution in [0.15, 0.2) is 65.2 Å². The average molecular weight is 455 g/mol. The molecule has 3 amide bonds. The van der Waals surface area contributed by atoms with Crippen LogP contribution in [0.2, 0.25) is 0 Å². The molecule has 2 unspecified atom stereocenters. The van der Waals surface area contributed by atoms with E-state index in [1.807, 2.05) is 36.4 Å². The third-order valence-electron chi connectivity index (χ3n) is 5.09. The molecule has 1 aliphatic carbocycles. The van der Waals surface area contributed by atoms with E-state index in [0.29, 0.717) is 30.0 Å². The molecule has 6 nitrogen and oxygen atoms in total. The molecule has 1 aliphatic heterocycles. The van der Waals surface area contributed by atoms with E-state index in [1.54, 1.807) is 24.3 Å². The second-order valence-corrected chi connectivity index (χ2v) is 7.96. The second kappa shape index (κ2) is 8.21. The lowest BCUT2D eigenvalue weighted by Crippen LogP contribution is -2.38. The van der Waals surface area contributed by atoms with Gasteiger partial charge in [-0.3, -0.25) is 19.3 Å². The molecule has 2 aromatic carbocycles. The van der Waals surface area contributed by atoms with Gasteiger partial charge in [-0.2, -0.15) is 0 Å². The number of likely N-dealkylation sites (tertiary alicyclic amines) is 1. The van der Waals surface area contributed by atoms with Gasteiger partial charge >= 0.3 is 0 Å². The summed E-state index contributed by atoms with van der Waals surface area (Å²) in [5.74, 6) is -0.222. The minimum absolute atomic E-state index is 0.252. The van der Waals surface area contributed by atoms with Crippen molar-refractivity contribution >= 4 is 39.3 Å². The van der Waals surface area contributed by atoms with E-state index in [9.17, 15) is 14.4 Å². The Hall–Kier alpha value is -2.93. The number of nitrogens with one attached hydrogen (secondary N) is 1. The minimum atomic E-state index is -0.403. The van der Waals surface area contributed by atoms with Crippen molar-refractivity contribution in [3.63, 3.8) is 0 Å². The van der Waals surface area contributed by atoms with Crippen LogP contribution in [-0.4, -0.2) is 29.2 Å². The molecule has 1 fully saturated rings. The lowest BCUT2D eigenvalue weighted by atomic mass is 9.85. The smallest absolute Gasteiger partial charge is 0.244 e. The summed E-state index contributed by atoms with van der Waals surface area (Å²) in [6, 6.07) is 14.4. The van der Waals surface area contributed by atoms with Crippen LogP contribution in [0.1, 0.15) is 12.8 Å². The van der Waals surface area contributed by atoms with Gasteiger partial charge in [0, 0.05) is 10.2 Å². The summed E-state index contributed by atoms with van der Waals surface area (Å²) in [7, 11) is 0. The van der Waals surface area contributed by atoms with Crippen molar-refractivity contribution in [1.82, 2.24) is 4.90 Å². The maximum atomic E-state index is 12.4. The molecule has 0 radical (unpaired) electrons. The van der Waals surface area contributed by atoms with Crippen molar-refractivity contribution < 1.29 is 19.1 Å². The van der Waals surface area contributed by atoms with Crippen molar-refractivity contribution in [3.05, 3.63) is 65.2 Å². The van der Waals surface area contributed by atoms with E-state index >= 15 is 0 Å². The highest BCUT2D eigenvalue weighted by Crippen LogP contribution is 2.35. The van der Waals surface area contributed by atoms with Gasteiger partial charge in [0.05, 0.1) is 11.8 Å². The number of hydrogen-bond acceptors (Lipinski definition) is 4. The van der Waals surface area contributed by atoms with Crippen LogP contribution in [0.5, 0.6) is 11.5 Å². The SMILES string of the molecule is O=C(CN1C(=O)C2CC=CCC2C1=O)Nc1ccc(Oc2ccc(Br)cc2)cc1. The van der Waals surface area contributed by atoms with Crippen molar-refractivity contribution in [3.8, 4) is 11.5 Å². The van der Waals surface area contributed by atoms with Gasteiger partial charge in [0.25, 0.3) is 0 Å². The Morgan fingerprint density at radius 2 is 1.45 bits per heavy atom. The van der Waals surface area contributed by atoms with E-state index in [0.717, 1.165) is 9.37 Å². The van der Waals surface area contributed by atoms with Gasteiger partial charge in [-0.15, -0.1) is 0 Å². The van der Waals surface area contributed by atoms with Gasteiger partial charge < -0.3 is 10.1 Å². The lowest BCUT2D eigenvalue weighted by molar-refractivity contribution is -0.142. The van der Waals surface area contributed by atoms with Crippen LogP contribution in [-0.2, 0) is 14.4 Å². The summed E-state index contributed by atoms with van der Waals surface area (Å²) in [5, 5.41) is 2.73. The molecular formula is C22H19BrN2O4. The second-order valence-electron chi connectivity index (χ2n) is 7.05. The third-order valence-corrected chi connectivity index (χ3v) is 5.62. The molecule has 7 heteroatoms. The molecule has 2 aliphatic rings. The number of allylic oxidation sites excluding steroid dienone is 2. The third kappa shape index (κ3) is 4.24. The topological polar surface area (TPSA) is 75.7 Å². The van der Waals surface area contributed by atoms with E-state index in [-0.39, 0.29) is 30.2 Å². The Morgan fingerprint density at radius 1 is 0.931 bits per heavy atom. The summed E-state index contributed by atoms with van der Waals surface area (Å²) in [5.41, 5.74) is 0.566. The Labute approximate surface area is 176 Å². The van der Waals surface area contributed by atoms with Gasteiger partial charge in [-0.05, 0) is 61.4 Å². The van der Waals surface area contributed by atoms with Crippen LogP contribution in [0.25, 0.3) is 0 Å². The number of anilines is 1. The van der Waals surface area contributed by atoms with Crippen molar-refractivity contribution in [2.45, 2.75) is 12.8 Å². The number of hydrogen-bond donors (Lipinski definition) is 1. The van der Waals surface area contributed by atoms with E-state index < -0.39 is 5.91 Å². The molecule has 1 saturated heterocycles. The van der Waals surface area contributed by atoms with Gasteiger partial charge in [0.1, 0.15) is 18.0 Å². The lowest BCUT2D eigenvalue weighted by Gasteiger charge is -2.14. The number of imide groups is 1. The maximum absolute atomic E-state index is 12.4. The molecule has 148 valence electrons. The number of halogens is 1. The highest BCUT2D eigenvalue weighted by atomic mass is 79.9. The fourth-order valence-electron chi connectivity index (χ4n) is 3.61. The van der Waals surface area contributed by atoms with Gasteiger partial charge in [-0.25, -0.2) is 0 Å². The Kier molecular flexibility index (Phi) is 5.49. The van der Waals surface area contributed by atoms with Crippen molar-refractivity contribution in [2.24, 2.45) is 11.8 Å². The molecule has 0 aromatic heterocycles. The largest absolute Gasteiger partial charge is 0.457 e. The fourth-order valence-corrected chi connectivity index (χ4v) is 3.88. The zero-order valence-corrected chi connectivity index (χ0v) is 17.1. The molecule has 1 N–H and O–H groups in total. The molecule has 0 saturated carbocycles. The number of carbonyl (C=O) groups excluding carboxylic acids is 3. The van der Waals surface area contributed by atoms with Crippen LogP contribution >= 0.6 is 15.9 Å². The first-order chi connectivity index (χ1) is 14.0. The molecular weight excluding hydrogens is 436 g/mol. The minimum Gasteiger partial charge on any atom is -0.457 e. The number of benzene rings is 2. The summed E-state index contributed by atoms with van der Waals surface area (Å²) >= 11 is 3.38. The molecule has 4 rings (SSSR count). The Bertz CT molecular complexity index is 943. The Morgan fingerprint density at radius 3 is 2.00 bits per heavy atom. The van der Waals surface area contributed by atoms with Crippen molar-refractivity contribution in [1.29, 1.82) is 0 Å². The first-order valence-corrected chi connectivity index (χ1v) is 10.1. The normalized spacial score (nSPS) is 20.5. The van der Waals surface area contributed by atoms with Crippen LogP contribution < -0.4 is 10.1 Å². The van der Waals surface area contributed by atoms with Gasteiger partial charge in [-0.1, -0.05) is 28.1 Å². The highest BCUT2D eigenvalue weighted by Gasteiger charge is 2.47. The summed E-state index contributed by atoms with van der Waals surface area (Å²) < 4.78 is 6.71. The van der Waals surface area contributed by atoms with E-state index in [2.05, 4.69) is 21.2 Å². The predicted octanol–water partition coefficient (Wildman–Crippen LogP) is 4.13.